The van der Waals surface area contributed by atoms with Crippen molar-refractivity contribution >= 4 is 46.7 Å². The maximum Gasteiger partial charge on any atom is 0.294 e. The van der Waals surface area contributed by atoms with E-state index in [2.05, 4.69) is 21.3 Å². The van der Waals surface area contributed by atoms with Crippen LogP contribution in [0.1, 0.15) is 42.3 Å². The van der Waals surface area contributed by atoms with E-state index in [1.54, 1.807) is 69.3 Å². The van der Waals surface area contributed by atoms with E-state index in [-0.39, 0.29) is 11.4 Å². The number of rotatable bonds is 12. The lowest BCUT2D eigenvalue weighted by Crippen LogP contribution is -2.56. The van der Waals surface area contributed by atoms with E-state index in [0.717, 1.165) is 5.56 Å². The van der Waals surface area contributed by atoms with Crippen molar-refractivity contribution in [3.63, 3.8) is 0 Å². The second-order valence-electron chi connectivity index (χ2n) is 10.3. The number of carbonyl (C=O) groups is 5. The van der Waals surface area contributed by atoms with Gasteiger partial charge in [0.15, 0.2) is 0 Å². The largest absolute Gasteiger partial charge is 0.344 e. The van der Waals surface area contributed by atoms with E-state index < -0.39 is 53.5 Å². The Labute approximate surface area is 250 Å². The minimum atomic E-state index is -1.16. The van der Waals surface area contributed by atoms with Crippen LogP contribution in [-0.2, 0) is 25.6 Å². The smallest absolute Gasteiger partial charge is 0.294 e. The predicted molar refractivity (Wildman–Crippen MR) is 162 cm³/mol. The van der Waals surface area contributed by atoms with Crippen molar-refractivity contribution in [1.82, 2.24) is 16.0 Å². The number of aryl methyl sites for hydroxylation is 1. The number of hydrogen-bond acceptors (Lipinski definition) is 5. The van der Waals surface area contributed by atoms with Gasteiger partial charge in [-0.05, 0) is 49.1 Å². The quantitative estimate of drug-likeness (QED) is 0.238. The van der Waals surface area contributed by atoms with Crippen LogP contribution in [0.15, 0.2) is 78.9 Å². The van der Waals surface area contributed by atoms with Gasteiger partial charge in [-0.1, -0.05) is 86.1 Å². The number of halogens is 1. The molecular weight excluding hydrogens is 556 g/mol. The summed E-state index contributed by atoms with van der Waals surface area (Å²) >= 11 is 6.18. The van der Waals surface area contributed by atoms with Crippen molar-refractivity contribution in [2.45, 2.75) is 52.2 Å². The van der Waals surface area contributed by atoms with Gasteiger partial charge in [0.25, 0.3) is 11.8 Å². The van der Waals surface area contributed by atoms with Gasteiger partial charge >= 0.3 is 0 Å². The number of amides is 4. The molecule has 4 amide bonds. The molecule has 220 valence electrons. The van der Waals surface area contributed by atoms with Crippen molar-refractivity contribution in [2.75, 3.05) is 5.32 Å². The molecule has 3 aromatic rings. The van der Waals surface area contributed by atoms with Gasteiger partial charge in [0.05, 0.1) is 16.8 Å². The van der Waals surface area contributed by atoms with E-state index in [4.69, 9.17) is 11.6 Å². The molecule has 0 spiro atoms. The summed E-state index contributed by atoms with van der Waals surface area (Å²) in [5.74, 6) is -3.88. The first-order chi connectivity index (χ1) is 20.0. The number of para-hydroxylation sites is 1. The number of carbonyl (C=O) groups excluding carboxylic acids is 5. The molecule has 42 heavy (non-hydrogen) atoms. The molecule has 3 rings (SSSR count). The number of ketones is 1. The van der Waals surface area contributed by atoms with Crippen LogP contribution >= 0.6 is 11.6 Å². The standard InChI is InChI=1S/C32H35ClN4O5/c1-19(2)26(28(38)32(42)37-27-20(3)12-11-17-24(27)33)36-29(39)21(4)34-31(41)25(18-22-13-7-5-8-14-22)35-30(40)23-15-9-6-10-16-23/h5-17,19,21,25-26H,18H2,1-4H3,(H,34,41)(H,35,40)(H,36,39)(H,37,42)/t21-,25-,26-/m0/s1. The minimum absolute atomic E-state index is 0.189. The van der Waals surface area contributed by atoms with Crippen LogP contribution in [0.4, 0.5) is 5.69 Å². The Balaban J connectivity index is 1.69. The molecule has 0 saturated heterocycles. The maximum absolute atomic E-state index is 13.3. The number of hydrogen-bond donors (Lipinski definition) is 4. The summed E-state index contributed by atoms with van der Waals surface area (Å²) < 4.78 is 0. The molecule has 0 aromatic heterocycles. The fraction of sp³-hybridized carbons (Fsp3) is 0.281. The zero-order chi connectivity index (χ0) is 30.8. The molecule has 10 heteroatoms. The van der Waals surface area contributed by atoms with Crippen LogP contribution in [0.3, 0.4) is 0 Å². The van der Waals surface area contributed by atoms with Gasteiger partial charge in [-0.25, -0.2) is 0 Å². The maximum atomic E-state index is 13.3. The summed E-state index contributed by atoms with van der Waals surface area (Å²) in [6.07, 6.45) is 0.189. The Kier molecular flexibility index (Phi) is 11.4. The van der Waals surface area contributed by atoms with Crippen LogP contribution < -0.4 is 21.3 Å². The topological polar surface area (TPSA) is 133 Å². The second-order valence-corrected chi connectivity index (χ2v) is 10.7. The molecule has 3 aromatic carbocycles. The molecule has 3 atom stereocenters. The fourth-order valence-electron chi connectivity index (χ4n) is 4.19. The summed E-state index contributed by atoms with van der Waals surface area (Å²) in [6, 6.07) is 19.5. The first kappa shape index (κ1) is 32.0. The van der Waals surface area contributed by atoms with Gasteiger partial charge in [0, 0.05) is 12.0 Å². The Hall–Kier alpha value is -4.50. The molecule has 0 aliphatic heterocycles. The van der Waals surface area contributed by atoms with Crippen molar-refractivity contribution < 1.29 is 24.0 Å². The minimum Gasteiger partial charge on any atom is -0.344 e. The molecule has 0 aliphatic carbocycles. The van der Waals surface area contributed by atoms with E-state index in [1.807, 2.05) is 30.3 Å². The Bertz CT molecular complexity index is 1410. The van der Waals surface area contributed by atoms with Crippen molar-refractivity contribution in [3.8, 4) is 0 Å². The predicted octanol–water partition coefficient (Wildman–Crippen LogP) is 3.84. The van der Waals surface area contributed by atoms with E-state index in [1.165, 1.54) is 6.92 Å². The van der Waals surface area contributed by atoms with E-state index >= 15 is 0 Å². The molecule has 0 fully saturated rings. The average molecular weight is 591 g/mol. The van der Waals surface area contributed by atoms with Crippen LogP contribution in [0, 0.1) is 12.8 Å². The highest BCUT2D eigenvalue weighted by atomic mass is 35.5. The van der Waals surface area contributed by atoms with Gasteiger partial charge in [0.2, 0.25) is 17.6 Å². The lowest BCUT2D eigenvalue weighted by Gasteiger charge is -2.25. The molecular formula is C32H35ClN4O5. The van der Waals surface area contributed by atoms with Gasteiger partial charge in [0.1, 0.15) is 12.1 Å². The van der Waals surface area contributed by atoms with Gasteiger partial charge < -0.3 is 21.3 Å². The highest BCUT2D eigenvalue weighted by Crippen LogP contribution is 2.25. The Morgan fingerprint density at radius 1 is 0.738 bits per heavy atom. The van der Waals surface area contributed by atoms with Gasteiger partial charge in [-0.2, -0.15) is 0 Å². The third-order valence-electron chi connectivity index (χ3n) is 6.62. The van der Waals surface area contributed by atoms with Gasteiger partial charge in [-0.3, -0.25) is 24.0 Å². The van der Waals surface area contributed by atoms with E-state index in [9.17, 15) is 24.0 Å². The number of Topliss-reactive ketones (excluding diaryl/α,β-unsaturated/α-hetero) is 1. The third kappa shape index (κ3) is 8.75. The van der Waals surface area contributed by atoms with Crippen LogP contribution in [0.5, 0.6) is 0 Å². The van der Waals surface area contributed by atoms with Crippen LogP contribution in [0.25, 0.3) is 0 Å². The summed E-state index contributed by atoms with van der Waals surface area (Å²) in [5.41, 5.74) is 2.19. The summed E-state index contributed by atoms with van der Waals surface area (Å²) in [7, 11) is 0. The summed E-state index contributed by atoms with van der Waals surface area (Å²) in [5, 5.41) is 10.8. The lowest BCUT2D eigenvalue weighted by atomic mass is 9.98. The van der Waals surface area contributed by atoms with Gasteiger partial charge in [-0.15, -0.1) is 0 Å². The molecule has 9 nitrogen and oxygen atoms in total. The lowest BCUT2D eigenvalue weighted by molar-refractivity contribution is -0.138. The van der Waals surface area contributed by atoms with Crippen molar-refractivity contribution in [3.05, 3.63) is 101 Å². The molecule has 0 heterocycles. The monoisotopic (exact) mass is 590 g/mol. The zero-order valence-electron chi connectivity index (χ0n) is 23.9. The van der Waals surface area contributed by atoms with Crippen LogP contribution in [0.2, 0.25) is 5.02 Å². The second kappa shape index (κ2) is 14.9. The van der Waals surface area contributed by atoms with Crippen molar-refractivity contribution in [2.24, 2.45) is 5.92 Å². The highest BCUT2D eigenvalue weighted by molar-refractivity contribution is 6.44. The summed E-state index contributed by atoms with van der Waals surface area (Å²) in [4.78, 5) is 65.1. The Morgan fingerprint density at radius 3 is 1.95 bits per heavy atom. The summed E-state index contributed by atoms with van der Waals surface area (Å²) in [6.45, 7) is 6.58. The third-order valence-corrected chi connectivity index (χ3v) is 6.94. The average Bonchev–Trinajstić information content (AvgIpc) is 2.97. The first-order valence-corrected chi connectivity index (χ1v) is 14.0. The number of nitrogens with one attached hydrogen (secondary N) is 4. The zero-order valence-corrected chi connectivity index (χ0v) is 24.7. The highest BCUT2D eigenvalue weighted by Gasteiger charge is 2.32. The molecule has 0 bridgehead atoms. The Morgan fingerprint density at radius 2 is 1.36 bits per heavy atom. The molecule has 0 saturated carbocycles. The fourth-order valence-corrected chi connectivity index (χ4v) is 4.46. The normalized spacial score (nSPS) is 12.9. The van der Waals surface area contributed by atoms with E-state index in [0.29, 0.717) is 16.8 Å². The molecule has 4 N–H and O–H groups in total. The number of benzene rings is 3. The molecule has 0 aliphatic rings. The number of anilines is 1. The molecule has 0 radical (unpaired) electrons. The van der Waals surface area contributed by atoms with Crippen LogP contribution in [-0.4, -0.2) is 47.5 Å². The first-order valence-electron chi connectivity index (χ1n) is 13.6. The SMILES string of the molecule is Cc1cccc(Cl)c1NC(=O)C(=O)[C@@H](NC(=O)[C@H](C)NC(=O)[C@H](Cc1ccccc1)NC(=O)c1ccccc1)C(C)C. The van der Waals surface area contributed by atoms with Crippen molar-refractivity contribution in [1.29, 1.82) is 0 Å². The molecule has 0 unspecified atom stereocenters.